The molecule has 1 aliphatic heterocycles. The second kappa shape index (κ2) is 5.82. The second-order valence-electron chi connectivity index (χ2n) is 4.60. The fourth-order valence-electron chi connectivity index (χ4n) is 2.24. The highest BCUT2D eigenvalue weighted by atomic mass is 127. The van der Waals surface area contributed by atoms with E-state index in [2.05, 4.69) is 63.8 Å². The number of nitrogens with zero attached hydrogens (tertiary/aromatic N) is 2. The van der Waals surface area contributed by atoms with Crippen molar-refractivity contribution in [3.05, 3.63) is 33.4 Å². The molecule has 17 heavy (non-hydrogen) atoms. The normalized spacial score (nSPS) is 24.1. The molecule has 3 nitrogen and oxygen atoms in total. The summed E-state index contributed by atoms with van der Waals surface area (Å²) < 4.78 is 1.27. The summed E-state index contributed by atoms with van der Waals surface area (Å²) in [7, 11) is 0. The van der Waals surface area contributed by atoms with E-state index in [4.69, 9.17) is 5.21 Å². The van der Waals surface area contributed by atoms with Crippen LogP contribution in [0.2, 0.25) is 0 Å². The maximum absolute atomic E-state index is 8.84. The van der Waals surface area contributed by atoms with Crippen molar-refractivity contribution in [2.24, 2.45) is 11.1 Å². The van der Waals surface area contributed by atoms with Gasteiger partial charge in [0, 0.05) is 35.5 Å². The van der Waals surface area contributed by atoms with Gasteiger partial charge in [-0.25, -0.2) is 0 Å². The van der Waals surface area contributed by atoms with Gasteiger partial charge in [-0.3, -0.25) is 4.90 Å². The Bertz CT molecular complexity index is 402. The molecule has 0 radical (unpaired) electrons. The van der Waals surface area contributed by atoms with Crippen molar-refractivity contribution in [2.75, 3.05) is 13.1 Å². The molecule has 1 fully saturated rings. The van der Waals surface area contributed by atoms with E-state index in [0.29, 0.717) is 5.92 Å². The highest BCUT2D eigenvalue weighted by Gasteiger charge is 2.22. The lowest BCUT2D eigenvalue weighted by Gasteiger charge is -2.31. The number of benzene rings is 1. The molecule has 1 aromatic rings. The first-order valence-corrected chi connectivity index (χ1v) is 6.94. The Balaban J connectivity index is 1.95. The minimum absolute atomic E-state index is 0.359. The number of hydrogen-bond acceptors (Lipinski definition) is 3. The number of piperidine rings is 1. The van der Waals surface area contributed by atoms with Gasteiger partial charge in [-0.05, 0) is 40.3 Å². The zero-order valence-corrected chi connectivity index (χ0v) is 12.1. The molecular weight excluding hydrogens is 327 g/mol. The Morgan fingerprint density at radius 1 is 1.41 bits per heavy atom. The standard InChI is InChI=1S/C13H17IN2O/c1-10-8-16(7-6-13(10)15-17)9-11-2-4-12(14)5-3-11/h2-5,10,17H,6-9H2,1H3/b15-13+. The van der Waals surface area contributed by atoms with Crippen molar-refractivity contribution < 1.29 is 5.21 Å². The minimum atomic E-state index is 0.359. The number of halogens is 1. The molecule has 2 rings (SSSR count). The third kappa shape index (κ3) is 3.42. The van der Waals surface area contributed by atoms with Crippen molar-refractivity contribution in [1.82, 2.24) is 4.90 Å². The van der Waals surface area contributed by atoms with Gasteiger partial charge >= 0.3 is 0 Å². The van der Waals surface area contributed by atoms with Gasteiger partial charge in [0.25, 0.3) is 0 Å². The number of hydrogen-bond donors (Lipinski definition) is 1. The number of oxime groups is 1. The van der Waals surface area contributed by atoms with Crippen LogP contribution < -0.4 is 0 Å². The van der Waals surface area contributed by atoms with Crippen LogP contribution in [-0.2, 0) is 6.54 Å². The molecule has 1 N–H and O–H groups in total. The van der Waals surface area contributed by atoms with E-state index in [0.717, 1.165) is 31.8 Å². The molecule has 0 saturated carbocycles. The first kappa shape index (κ1) is 12.8. The van der Waals surface area contributed by atoms with Crippen LogP contribution in [0.5, 0.6) is 0 Å². The summed E-state index contributed by atoms with van der Waals surface area (Å²) >= 11 is 2.32. The SMILES string of the molecule is CC1CN(Cc2ccc(I)cc2)CC/C1=N\O. The molecule has 0 bridgehead atoms. The molecule has 0 aromatic heterocycles. The second-order valence-corrected chi connectivity index (χ2v) is 5.85. The summed E-state index contributed by atoms with van der Waals surface area (Å²) in [5.41, 5.74) is 2.28. The minimum Gasteiger partial charge on any atom is -0.411 e. The van der Waals surface area contributed by atoms with Gasteiger partial charge in [0.1, 0.15) is 0 Å². The van der Waals surface area contributed by atoms with Crippen molar-refractivity contribution >= 4 is 28.3 Å². The smallest absolute Gasteiger partial charge is 0.0624 e. The van der Waals surface area contributed by atoms with Gasteiger partial charge in [0.15, 0.2) is 0 Å². The van der Waals surface area contributed by atoms with Crippen LogP contribution in [0.15, 0.2) is 29.4 Å². The predicted octanol–water partition coefficient (Wildman–Crippen LogP) is 2.96. The monoisotopic (exact) mass is 344 g/mol. The topological polar surface area (TPSA) is 35.8 Å². The van der Waals surface area contributed by atoms with Crippen molar-refractivity contribution in [3.63, 3.8) is 0 Å². The van der Waals surface area contributed by atoms with Crippen LogP contribution >= 0.6 is 22.6 Å². The molecule has 0 spiro atoms. The van der Waals surface area contributed by atoms with Crippen LogP contribution in [0.3, 0.4) is 0 Å². The van der Waals surface area contributed by atoms with E-state index in [1.54, 1.807) is 0 Å². The lowest BCUT2D eigenvalue weighted by atomic mass is 9.97. The molecule has 92 valence electrons. The molecule has 0 amide bonds. The van der Waals surface area contributed by atoms with Crippen LogP contribution in [0.25, 0.3) is 0 Å². The van der Waals surface area contributed by atoms with E-state index in [1.807, 2.05) is 0 Å². The lowest BCUT2D eigenvalue weighted by molar-refractivity contribution is 0.228. The van der Waals surface area contributed by atoms with Crippen molar-refractivity contribution in [3.8, 4) is 0 Å². The molecule has 1 heterocycles. The molecule has 1 atom stereocenters. The highest BCUT2D eigenvalue weighted by molar-refractivity contribution is 14.1. The van der Waals surface area contributed by atoms with Crippen molar-refractivity contribution in [1.29, 1.82) is 0 Å². The molecule has 1 aliphatic rings. The Labute approximate surface area is 116 Å². The van der Waals surface area contributed by atoms with Gasteiger partial charge < -0.3 is 5.21 Å². The maximum atomic E-state index is 8.84. The summed E-state index contributed by atoms with van der Waals surface area (Å²) in [6, 6.07) is 8.65. The molecule has 0 aliphatic carbocycles. The van der Waals surface area contributed by atoms with Crippen molar-refractivity contribution in [2.45, 2.75) is 19.9 Å². The summed E-state index contributed by atoms with van der Waals surface area (Å²) in [6.45, 7) is 5.07. The molecular formula is C13H17IN2O. The van der Waals surface area contributed by atoms with Gasteiger partial charge in [0.2, 0.25) is 0 Å². The van der Waals surface area contributed by atoms with Gasteiger partial charge in [-0.2, -0.15) is 0 Å². The lowest BCUT2D eigenvalue weighted by Crippen LogP contribution is -2.39. The number of rotatable bonds is 2. The van der Waals surface area contributed by atoms with E-state index < -0.39 is 0 Å². The third-order valence-electron chi connectivity index (χ3n) is 3.23. The average molecular weight is 344 g/mol. The Morgan fingerprint density at radius 2 is 2.12 bits per heavy atom. The fourth-order valence-corrected chi connectivity index (χ4v) is 2.60. The fraction of sp³-hybridized carbons (Fsp3) is 0.462. The average Bonchev–Trinajstić information content (AvgIpc) is 2.32. The zero-order chi connectivity index (χ0) is 12.3. The van der Waals surface area contributed by atoms with E-state index in [1.165, 1.54) is 9.13 Å². The van der Waals surface area contributed by atoms with Crippen LogP contribution in [-0.4, -0.2) is 28.9 Å². The maximum Gasteiger partial charge on any atom is 0.0624 e. The molecule has 1 unspecified atom stereocenters. The van der Waals surface area contributed by atoms with E-state index in [-0.39, 0.29) is 0 Å². The number of likely N-dealkylation sites (tertiary alicyclic amines) is 1. The van der Waals surface area contributed by atoms with Crippen LogP contribution in [0, 0.1) is 9.49 Å². The van der Waals surface area contributed by atoms with Crippen LogP contribution in [0.4, 0.5) is 0 Å². The third-order valence-corrected chi connectivity index (χ3v) is 3.95. The Kier molecular flexibility index (Phi) is 4.39. The predicted molar refractivity (Wildman–Crippen MR) is 77.4 cm³/mol. The Morgan fingerprint density at radius 3 is 2.71 bits per heavy atom. The highest BCUT2D eigenvalue weighted by Crippen LogP contribution is 2.17. The van der Waals surface area contributed by atoms with Gasteiger partial charge in [-0.15, -0.1) is 0 Å². The quantitative estimate of drug-likeness (QED) is 0.509. The van der Waals surface area contributed by atoms with E-state index in [9.17, 15) is 0 Å². The van der Waals surface area contributed by atoms with Crippen LogP contribution in [0.1, 0.15) is 18.9 Å². The largest absolute Gasteiger partial charge is 0.411 e. The summed E-state index contributed by atoms with van der Waals surface area (Å²) in [4.78, 5) is 2.42. The summed E-state index contributed by atoms with van der Waals surface area (Å²) in [6.07, 6.45) is 0.877. The van der Waals surface area contributed by atoms with Gasteiger partial charge in [0.05, 0.1) is 5.71 Å². The molecule has 1 aromatic carbocycles. The Hall–Kier alpha value is -0.620. The summed E-state index contributed by atoms with van der Waals surface area (Å²) in [5.74, 6) is 0.359. The van der Waals surface area contributed by atoms with E-state index >= 15 is 0 Å². The van der Waals surface area contributed by atoms with Gasteiger partial charge in [-0.1, -0.05) is 24.2 Å². The molecule has 4 heteroatoms. The first-order valence-electron chi connectivity index (χ1n) is 5.86. The summed E-state index contributed by atoms with van der Waals surface area (Å²) in [5, 5.41) is 12.2. The zero-order valence-electron chi connectivity index (χ0n) is 9.93. The first-order chi connectivity index (χ1) is 8.19. The molecule has 1 saturated heterocycles.